The molecule has 8 heteroatoms. The Kier molecular flexibility index (Phi) is 6.31. The summed E-state index contributed by atoms with van der Waals surface area (Å²) in [6.07, 6.45) is 0.329. The lowest BCUT2D eigenvalue weighted by Crippen LogP contribution is -2.49. The van der Waals surface area contributed by atoms with E-state index in [0.29, 0.717) is 18.9 Å². The zero-order chi connectivity index (χ0) is 16.0. The second-order valence-electron chi connectivity index (χ2n) is 5.82. The lowest BCUT2D eigenvalue weighted by molar-refractivity contribution is -0.173. The molecule has 2 aliphatic rings. The molecule has 128 valence electrons. The summed E-state index contributed by atoms with van der Waals surface area (Å²) < 4.78 is 45.7. The van der Waals surface area contributed by atoms with E-state index in [1.165, 1.54) is 0 Å². The van der Waals surface area contributed by atoms with Gasteiger partial charge in [0.25, 0.3) is 0 Å². The molecule has 3 atom stereocenters. The van der Waals surface area contributed by atoms with Gasteiger partial charge in [0.05, 0.1) is 6.10 Å². The average Bonchev–Trinajstić information content (AvgIpc) is 2.91. The molecule has 2 rings (SSSR count). The number of carbonyl (C=O) groups excluding carboxylic acids is 1. The molecule has 0 spiro atoms. The molecule has 0 bridgehead atoms. The molecule has 1 aliphatic carbocycles. The third kappa shape index (κ3) is 5.64. The summed E-state index contributed by atoms with van der Waals surface area (Å²) in [6.45, 7) is -0.223. The van der Waals surface area contributed by atoms with Crippen LogP contribution >= 0.6 is 0 Å². The van der Waals surface area contributed by atoms with Gasteiger partial charge in [-0.2, -0.15) is 13.2 Å². The molecule has 2 fully saturated rings. The number of hydrogen-bond acceptors (Lipinski definition) is 3. The zero-order valence-electron chi connectivity index (χ0n) is 12.5. The third-order valence-electron chi connectivity index (χ3n) is 4.11. The Labute approximate surface area is 127 Å². The molecule has 2 N–H and O–H groups in total. The Morgan fingerprint density at radius 3 is 2.86 bits per heavy atom. The van der Waals surface area contributed by atoms with E-state index in [2.05, 4.69) is 15.4 Å². The summed E-state index contributed by atoms with van der Waals surface area (Å²) in [5, 5.41) is 5.61. The molecule has 0 unspecified atom stereocenters. The number of rotatable bonds is 6. The van der Waals surface area contributed by atoms with Crippen LogP contribution in [0.15, 0.2) is 0 Å². The standard InChI is InChI=1S/C14H23F3N2O3/c15-14(16,17)9-21-7-2-6-18-13(20)19-11-3-1-4-12-10(11)5-8-22-12/h10-12H,1-9H2,(H2,18,19,20)/t10-,11-,12+/m1/s1. The van der Waals surface area contributed by atoms with E-state index in [4.69, 9.17) is 4.74 Å². The number of amides is 2. The fourth-order valence-electron chi connectivity index (χ4n) is 3.14. The van der Waals surface area contributed by atoms with E-state index in [0.717, 1.165) is 32.3 Å². The van der Waals surface area contributed by atoms with Gasteiger partial charge >= 0.3 is 12.2 Å². The summed E-state index contributed by atoms with van der Waals surface area (Å²) in [5.41, 5.74) is 0. The van der Waals surface area contributed by atoms with Crippen LogP contribution in [-0.2, 0) is 9.47 Å². The van der Waals surface area contributed by atoms with E-state index >= 15 is 0 Å². The number of nitrogens with one attached hydrogen (secondary N) is 2. The fraction of sp³-hybridized carbons (Fsp3) is 0.929. The normalized spacial score (nSPS) is 28.2. The first-order chi connectivity index (χ1) is 10.5. The molecule has 22 heavy (non-hydrogen) atoms. The first-order valence-electron chi connectivity index (χ1n) is 7.76. The number of fused-ring (bicyclic) bond motifs is 1. The Morgan fingerprint density at radius 1 is 1.27 bits per heavy atom. The van der Waals surface area contributed by atoms with Gasteiger partial charge in [-0.05, 0) is 32.1 Å². The highest BCUT2D eigenvalue weighted by molar-refractivity contribution is 5.74. The predicted molar refractivity (Wildman–Crippen MR) is 73.5 cm³/mol. The van der Waals surface area contributed by atoms with Crippen molar-refractivity contribution in [3.8, 4) is 0 Å². The number of hydrogen-bond donors (Lipinski definition) is 2. The van der Waals surface area contributed by atoms with Crippen molar-refractivity contribution in [2.24, 2.45) is 5.92 Å². The van der Waals surface area contributed by atoms with E-state index in [1.807, 2.05) is 0 Å². The minimum Gasteiger partial charge on any atom is -0.378 e. The molecule has 0 aromatic carbocycles. The van der Waals surface area contributed by atoms with Gasteiger partial charge in [0.15, 0.2) is 0 Å². The monoisotopic (exact) mass is 324 g/mol. The Morgan fingerprint density at radius 2 is 2.09 bits per heavy atom. The summed E-state index contributed by atoms with van der Waals surface area (Å²) in [5.74, 6) is 0.384. The van der Waals surface area contributed by atoms with Crippen molar-refractivity contribution in [2.75, 3.05) is 26.4 Å². The molecule has 0 radical (unpaired) electrons. The maximum Gasteiger partial charge on any atom is 0.411 e. The van der Waals surface area contributed by atoms with Gasteiger partial charge in [-0.3, -0.25) is 0 Å². The number of halogens is 3. The van der Waals surface area contributed by atoms with Gasteiger partial charge in [-0.15, -0.1) is 0 Å². The topological polar surface area (TPSA) is 59.6 Å². The molecule has 2 amide bonds. The van der Waals surface area contributed by atoms with Crippen LogP contribution < -0.4 is 10.6 Å². The molecule has 1 saturated carbocycles. The minimum atomic E-state index is -4.30. The summed E-state index contributed by atoms with van der Waals surface area (Å²) >= 11 is 0. The van der Waals surface area contributed by atoms with Gasteiger partial charge in [-0.25, -0.2) is 4.79 Å². The van der Waals surface area contributed by atoms with Gasteiger partial charge < -0.3 is 20.1 Å². The fourth-order valence-corrected chi connectivity index (χ4v) is 3.14. The third-order valence-corrected chi connectivity index (χ3v) is 4.11. The molecule has 5 nitrogen and oxygen atoms in total. The number of ether oxygens (including phenoxy) is 2. The summed E-state index contributed by atoms with van der Waals surface area (Å²) in [6, 6.07) is -0.142. The van der Waals surface area contributed by atoms with E-state index in [-0.39, 0.29) is 24.8 Å². The van der Waals surface area contributed by atoms with Crippen LogP contribution in [0.2, 0.25) is 0 Å². The predicted octanol–water partition coefficient (Wildman–Crippen LogP) is 2.21. The van der Waals surface area contributed by atoms with Crippen molar-refractivity contribution < 1.29 is 27.4 Å². The molecule has 1 heterocycles. The Balaban J connectivity index is 1.56. The molecule has 0 aromatic heterocycles. The van der Waals surface area contributed by atoms with E-state index in [9.17, 15) is 18.0 Å². The van der Waals surface area contributed by atoms with Crippen molar-refractivity contribution in [2.45, 2.75) is 50.4 Å². The maximum absolute atomic E-state index is 11.8. The van der Waals surface area contributed by atoms with Crippen LogP contribution in [-0.4, -0.2) is 50.7 Å². The van der Waals surface area contributed by atoms with Crippen molar-refractivity contribution in [3.63, 3.8) is 0 Å². The molecular formula is C14H23F3N2O3. The SMILES string of the molecule is O=C(NCCCOCC(F)(F)F)N[C@@H]1CCC[C@@H]2OCC[C@@H]21. The molecule has 1 aliphatic heterocycles. The zero-order valence-corrected chi connectivity index (χ0v) is 12.5. The van der Waals surface area contributed by atoms with Crippen LogP contribution in [0.4, 0.5) is 18.0 Å². The lowest BCUT2D eigenvalue weighted by Gasteiger charge is -2.33. The van der Waals surface area contributed by atoms with Gasteiger partial charge in [0.1, 0.15) is 6.61 Å². The second kappa shape index (κ2) is 8.01. The highest BCUT2D eigenvalue weighted by atomic mass is 19.4. The molecule has 1 saturated heterocycles. The van der Waals surface area contributed by atoms with Crippen molar-refractivity contribution in [1.29, 1.82) is 0 Å². The second-order valence-corrected chi connectivity index (χ2v) is 5.82. The number of alkyl halides is 3. The summed E-state index contributed by atoms with van der Waals surface area (Å²) in [4.78, 5) is 11.8. The highest BCUT2D eigenvalue weighted by Gasteiger charge is 2.38. The lowest BCUT2D eigenvalue weighted by atomic mass is 9.82. The smallest absolute Gasteiger partial charge is 0.378 e. The van der Waals surface area contributed by atoms with Crippen LogP contribution in [0, 0.1) is 5.92 Å². The number of carbonyl (C=O) groups is 1. The average molecular weight is 324 g/mol. The van der Waals surface area contributed by atoms with Crippen molar-refractivity contribution >= 4 is 6.03 Å². The van der Waals surface area contributed by atoms with Gasteiger partial charge in [0, 0.05) is 31.7 Å². The van der Waals surface area contributed by atoms with Crippen LogP contribution in [0.5, 0.6) is 0 Å². The molecule has 0 aromatic rings. The highest BCUT2D eigenvalue weighted by Crippen LogP contribution is 2.34. The van der Waals surface area contributed by atoms with E-state index in [1.54, 1.807) is 0 Å². The Bertz CT molecular complexity index is 366. The maximum atomic E-state index is 11.8. The van der Waals surface area contributed by atoms with Crippen molar-refractivity contribution in [1.82, 2.24) is 10.6 Å². The molecular weight excluding hydrogens is 301 g/mol. The summed E-state index contributed by atoms with van der Waals surface area (Å²) in [7, 11) is 0. The largest absolute Gasteiger partial charge is 0.411 e. The minimum absolute atomic E-state index is 0.0260. The van der Waals surface area contributed by atoms with Gasteiger partial charge in [0.2, 0.25) is 0 Å². The quantitative estimate of drug-likeness (QED) is 0.737. The van der Waals surface area contributed by atoms with Crippen LogP contribution in [0.1, 0.15) is 32.1 Å². The van der Waals surface area contributed by atoms with Crippen molar-refractivity contribution in [3.05, 3.63) is 0 Å². The van der Waals surface area contributed by atoms with Gasteiger partial charge in [-0.1, -0.05) is 0 Å². The van der Waals surface area contributed by atoms with Crippen LogP contribution in [0.3, 0.4) is 0 Å². The van der Waals surface area contributed by atoms with Crippen LogP contribution in [0.25, 0.3) is 0 Å². The first kappa shape index (κ1) is 17.3. The first-order valence-corrected chi connectivity index (χ1v) is 7.76. The van der Waals surface area contributed by atoms with E-state index < -0.39 is 12.8 Å². The Hall–Kier alpha value is -1.02. The number of urea groups is 1.